The lowest BCUT2D eigenvalue weighted by atomic mass is 10.2. The molecule has 0 spiro atoms. The first-order valence-electron chi connectivity index (χ1n) is 6.92. The lowest BCUT2D eigenvalue weighted by Gasteiger charge is -2.05. The predicted molar refractivity (Wildman–Crippen MR) is 82.3 cm³/mol. The molecule has 0 unspecified atom stereocenters. The highest BCUT2D eigenvalue weighted by atomic mass is 19.1. The summed E-state index contributed by atoms with van der Waals surface area (Å²) in [5.74, 6) is 0.151. The topological polar surface area (TPSA) is 65.8 Å². The molecule has 2 aromatic carbocycles. The van der Waals surface area contributed by atoms with Crippen molar-refractivity contribution in [1.29, 1.82) is 0 Å². The Hall–Kier alpha value is -2.73. The molecule has 22 heavy (non-hydrogen) atoms. The van der Waals surface area contributed by atoms with E-state index in [0.717, 1.165) is 5.56 Å². The summed E-state index contributed by atoms with van der Waals surface area (Å²) in [4.78, 5) is 12.6. The van der Waals surface area contributed by atoms with E-state index < -0.39 is 0 Å². The van der Waals surface area contributed by atoms with Crippen LogP contribution in [0.2, 0.25) is 0 Å². The molecule has 2 N–H and O–H groups in total. The molecule has 112 valence electrons. The first kappa shape index (κ1) is 14.2. The fraction of sp³-hybridized carbons (Fsp3) is 0.125. The maximum Gasteiger partial charge on any atom is 0.350 e. The molecular weight excluding hydrogens is 283 g/mol. The van der Waals surface area contributed by atoms with Crippen molar-refractivity contribution in [3.8, 4) is 17.1 Å². The lowest BCUT2D eigenvalue weighted by molar-refractivity contribution is 0.599. The average Bonchev–Trinajstić information content (AvgIpc) is 2.87. The summed E-state index contributed by atoms with van der Waals surface area (Å²) in [6, 6.07) is 15.1. The monoisotopic (exact) mass is 298 g/mol. The smallest absolute Gasteiger partial charge is 0.329 e. The van der Waals surface area contributed by atoms with E-state index >= 15 is 0 Å². The van der Waals surface area contributed by atoms with E-state index in [-0.39, 0.29) is 11.5 Å². The third-order valence-electron chi connectivity index (χ3n) is 3.30. The molecule has 0 bridgehead atoms. The van der Waals surface area contributed by atoms with Crippen molar-refractivity contribution in [3.05, 3.63) is 70.9 Å². The van der Waals surface area contributed by atoms with Gasteiger partial charge in [-0.25, -0.2) is 18.4 Å². The van der Waals surface area contributed by atoms with Crippen molar-refractivity contribution in [2.24, 2.45) is 5.73 Å². The van der Waals surface area contributed by atoms with Crippen LogP contribution in [-0.4, -0.2) is 20.9 Å². The second kappa shape index (κ2) is 5.95. The van der Waals surface area contributed by atoms with Crippen LogP contribution in [0.4, 0.5) is 4.39 Å². The molecule has 5 nitrogen and oxygen atoms in total. The second-order valence-corrected chi connectivity index (χ2v) is 4.80. The summed E-state index contributed by atoms with van der Waals surface area (Å²) in [6.07, 6.45) is 0. The zero-order chi connectivity index (χ0) is 15.5. The largest absolute Gasteiger partial charge is 0.350 e. The van der Waals surface area contributed by atoms with E-state index in [9.17, 15) is 9.18 Å². The molecular formula is C16H15FN4O. The van der Waals surface area contributed by atoms with Gasteiger partial charge in [0, 0.05) is 12.1 Å². The van der Waals surface area contributed by atoms with Crippen LogP contribution in [0.25, 0.3) is 17.1 Å². The van der Waals surface area contributed by atoms with Crippen LogP contribution >= 0.6 is 0 Å². The Balaban J connectivity index is 2.22. The highest BCUT2D eigenvalue weighted by Gasteiger charge is 2.16. The van der Waals surface area contributed by atoms with Crippen LogP contribution in [0.1, 0.15) is 0 Å². The Morgan fingerprint density at radius 2 is 1.73 bits per heavy atom. The van der Waals surface area contributed by atoms with E-state index in [1.165, 1.54) is 21.4 Å². The molecule has 0 aliphatic heterocycles. The highest BCUT2D eigenvalue weighted by Crippen LogP contribution is 2.19. The zero-order valence-corrected chi connectivity index (χ0v) is 11.8. The molecule has 0 fully saturated rings. The molecule has 0 aliphatic carbocycles. The van der Waals surface area contributed by atoms with Crippen molar-refractivity contribution >= 4 is 0 Å². The molecule has 3 rings (SSSR count). The van der Waals surface area contributed by atoms with Crippen LogP contribution in [0.5, 0.6) is 0 Å². The normalized spacial score (nSPS) is 10.8. The van der Waals surface area contributed by atoms with Crippen LogP contribution in [0.15, 0.2) is 59.4 Å². The van der Waals surface area contributed by atoms with Gasteiger partial charge in [-0.1, -0.05) is 30.3 Å². The standard InChI is InChI=1S/C16H15FN4O/c17-13-6-8-14(9-7-13)21-15(12-4-2-1-3-5-12)19-20(11-10-18)16(21)22/h1-9H,10-11,18H2. The minimum atomic E-state index is -0.354. The predicted octanol–water partition coefficient (Wildman–Crippen LogP) is 1.80. The van der Waals surface area contributed by atoms with Crippen molar-refractivity contribution in [2.45, 2.75) is 6.54 Å². The quantitative estimate of drug-likeness (QED) is 0.798. The maximum atomic E-state index is 13.1. The van der Waals surface area contributed by atoms with Crippen molar-refractivity contribution in [3.63, 3.8) is 0 Å². The Bertz CT molecular complexity index is 822. The van der Waals surface area contributed by atoms with Crippen LogP contribution < -0.4 is 11.4 Å². The molecule has 0 saturated heterocycles. The van der Waals surface area contributed by atoms with Crippen molar-refractivity contribution in [2.75, 3.05) is 6.54 Å². The molecule has 0 amide bonds. The number of hydrogen-bond acceptors (Lipinski definition) is 3. The van der Waals surface area contributed by atoms with E-state index in [2.05, 4.69) is 5.10 Å². The van der Waals surface area contributed by atoms with E-state index in [0.29, 0.717) is 24.6 Å². The summed E-state index contributed by atoms with van der Waals surface area (Å²) in [5.41, 5.74) is 6.60. The highest BCUT2D eigenvalue weighted by molar-refractivity contribution is 5.57. The second-order valence-electron chi connectivity index (χ2n) is 4.80. The molecule has 0 saturated carbocycles. The minimum absolute atomic E-state index is 0.295. The van der Waals surface area contributed by atoms with E-state index in [1.54, 1.807) is 12.1 Å². The van der Waals surface area contributed by atoms with Crippen molar-refractivity contribution < 1.29 is 4.39 Å². The first-order valence-corrected chi connectivity index (χ1v) is 6.92. The minimum Gasteiger partial charge on any atom is -0.329 e. The Kier molecular flexibility index (Phi) is 3.84. The first-order chi connectivity index (χ1) is 10.7. The number of rotatable bonds is 4. The molecule has 3 aromatic rings. The molecule has 1 aromatic heterocycles. The maximum absolute atomic E-state index is 13.1. The van der Waals surface area contributed by atoms with Crippen LogP contribution in [-0.2, 0) is 6.54 Å². The number of nitrogens with zero attached hydrogens (tertiary/aromatic N) is 3. The molecule has 1 heterocycles. The van der Waals surface area contributed by atoms with E-state index in [4.69, 9.17) is 5.73 Å². The number of benzene rings is 2. The SMILES string of the molecule is NCCn1nc(-c2ccccc2)n(-c2ccc(F)cc2)c1=O. The van der Waals surface area contributed by atoms with Gasteiger partial charge in [-0.15, -0.1) is 5.10 Å². The molecule has 6 heteroatoms. The van der Waals surface area contributed by atoms with Gasteiger partial charge in [0.25, 0.3) is 0 Å². The third-order valence-corrected chi connectivity index (χ3v) is 3.30. The van der Waals surface area contributed by atoms with Crippen molar-refractivity contribution in [1.82, 2.24) is 14.3 Å². The van der Waals surface area contributed by atoms with Gasteiger partial charge in [-0.05, 0) is 24.3 Å². The molecule has 0 aliphatic rings. The van der Waals surface area contributed by atoms with Crippen LogP contribution in [0, 0.1) is 5.82 Å². The fourth-order valence-corrected chi connectivity index (χ4v) is 2.27. The summed E-state index contributed by atoms with van der Waals surface area (Å²) in [6.45, 7) is 0.640. The summed E-state index contributed by atoms with van der Waals surface area (Å²) in [7, 11) is 0. The van der Waals surface area contributed by atoms with Gasteiger partial charge in [-0.2, -0.15) is 0 Å². The Labute approximate surface area is 126 Å². The van der Waals surface area contributed by atoms with E-state index in [1.807, 2.05) is 30.3 Å². The van der Waals surface area contributed by atoms with Gasteiger partial charge < -0.3 is 5.73 Å². The zero-order valence-electron chi connectivity index (χ0n) is 11.8. The fourth-order valence-electron chi connectivity index (χ4n) is 2.27. The van der Waals surface area contributed by atoms with Gasteiger partial charge in [0.1, 0.15) is 5.82 Å². The van der Waals surface area contributed by atoms with Gasteiger partial charge in [0.15, 0.2) is 5.82 Å². The van der Waals surface area contributed by atoms with Gasteiger partial charge in [0.2, 0.25) is 0 Å². The van der Waals surface area contributed by atoms with Gasteiger partial charge >= 0.3 is 5.69 Å². The number of halogens is 1. The number of aromatic nitrogens is 3. The average molecular weight is 298 g/mol. The molecule has 0 atom stereocenters. The summed E-state index contributed by atoms with van der Waals surface area (Å²) in [5, 5.41) is 4.36. The number of hydrogen-bond donors (Lipinski definition) is 1. The summed E-state index contributed by atoms with van der Waals surface area (Å²) >= 11 is 0. The Morgan fingerprint density at radius 3 is 2.36 bits per heavy atom. The van der Waals surface area contributed by atoms with Crippen LogP contribution in [0.3, 0.4) is 0 Å². The van der Waals surface area contributed by atoms with Gasteiger partial charge in [-0.3, -0.25) is 0 Å². The molecule has 0 radical (unpaired) electrons. The lowest BCUT2D eigenvalue weighted by Crippen LogP contribution is -2.26. The Morgan fingerprint density at radius 1 is 1.05 bits per heavy atom. The summed E-state index contributed by atoms with van der Waals surface area (Å²) < 4.78 is 15.9. The van der Waals surface area contributed by atoms with Gasteiger partial charge in [0.05, 0.1) is 12.2 Å². The third kappa shape index (κ3) is 2.56. The number of nitrogens with two attached hydrogens (primary N) is 1.